The smallest absolute Gasteiger partial charge is 0.335 e. The van der Waals surface area contributed by atoms with Gasteiger partial charge in [-0.1, -0.05) is 25.1 Å². The van der Waals surface area contributed by atoms with E-state index in [4.69, 9.17) is 4.74 Å². The number of hydrogen-bond acceptors (Lipinski definition) is 4. The molecule has 0 fully saturated rings. The van der Waals surface area contributed by atoms with Crippen LogP contribution in [0.15, 0.2) is 36.7 Å². The van der Waals surface area contributed by atoms with Crippen molar-refractivity contribution in [2.75, 3.05) is 13.2 Å². The summed E-state index contributed by atoms with van der Waals surface area (Å²) in [7, 11) is 0. The molecule has 1 aromatic heterocycles. The van der Waals surface area contributed by atoms with Gasteiger partial charge in [0.15, 0.2) is 0 Å². The standard InChI is InChI=1S/C14H20N4O/c1-3-12(2)15-9-10-19-14-16-11-18(17-14)13-7-5-4-6-8-13/h4-8,11-12,15H,3,9-10H2,1-2H3. The second-order valence-corrected chi connectivity index (χ2v) is 4.42. The van der Waals surface area contributed by atoms with Crippen LogP contribution in [-0.2, 0) is 0 Å². The van der Waals surface area contributed by atoms with Gasteiger partial charge in [-0.25, -0.2) is 4.68 Å². The monoisotopic (exact) mass is 260 g/mol. The van der Waals surface area contributed by atoms with Gasteiger partial charge in [0, 0.05) is 12.6 Å². The summed E-state index contributed by atoms with van der Waals surface area (Å²) in [6.45, 7) is 5.68. The number of aromatic nitrogens is 3. The summed E-state index contributed by atoms with van der Waals surface area (Å²) < 4.78 is 7.20. The Labute approximate surface area is 113 Å². The zero-order valence-corrected chi connectivity index (χ0v) is 11.4. The van der Waals surface area contributed by atoms with Gasteiger partial charge in [0.25, 0.3) is 0 Å². The molecule has 0 saturated carbocycles. The van der Waals surface area contributed by atoms with Crippen molar-refractivity contribution in [1.29, 1.82) is 0 Å². The van der Waals surface area contributed by atoms with E-state index in [1.807, 2.05) is 30.3 Å². The van der Waals surface area contributed by atoms with Crippen molar-refractivity contribution in [2.45, 2.75) is 26.3 Å². The molecule has 0 aliphatic carbocycles. The Hall–Kier alpha value is -1.88. The number of ether oxygens (including phenoxy) is 1. The third kappa shape index (κ3) is 4.06. The zero-order valence-electron chi connectivity index (χ0n) is 11.4. The van der Waals surface area contributed by atoms with Crippen LogP contribution in [0.4, 0.5) is 0 Å². The second-order valence-electron chi connectivity index (χ2n) is 4.42. The predicted octanol–water partition coefficient (Wildman–Crippen LogP) is 2.03. The normalized spacial score (nSPS) is 12.3. The summed E-state index contributed by atoms with van der Waals surface area (Å²) >= 11 is 0. The van der Waals surface area contributed by atoms with Crippen LogP contribution in [-0.4, -0.2) is 34.0 Å². The fourth-order valence-corrected chi connectivity index (χ4v) is 1.61. The van der Waals surface area contributed by atoms with Gasteiger partial charge in [0.2, 0.25) is 0 Å². The molecule has 5 heteroatoms. The highest BCUT2D eigenvalue weighted by atomic mass is 16.5. The topological polar surface area (TPSA) is 52.0 Å². The lowest BCUT2D eigenvalue weighted by molar-refractivity contribution is 0.284. The number of hydrogen-bond donors (Lipinski definition) is 1. The fourth-order valence-electron chi connectivity index (χ4n) is 1.61. The molecule has 0 bridgehead atoms. The minimum Gasteiger partial charge on any atom is -0.461 e. The molecule has 0 aliphatic rings. The predicted molar refractivity (Wildman–Crippen MR) is 74.6 cm³/mol. The third-order valence-electron chi connectivity index (χ3n) is 2.93. The summed E-state index contributed by atoms with van der Waals surface area (Å²) in [6, 6.07) is 10.8. The van der Waals surface area contributed by atoms with Gasteiger partial charge in [0.1, 0.15) is 12.9 Å². The summed E-state index contributed by atoms with van der Waals surface area (Å²) in [5.74, 6) is 0. The molecule has 5 nitrogen and oxygen atoms in total. The van der Waals surface area contributed by atoms with E-state index >= 15 is 0 Å². The molecular weight excluding hydrogens is 240 g/mol. The fraction of sp³-hybridized carbons (Fsp3) is 0.429. The van der Waals surface area contributed by atoms with E-state index in [1.54, 1.807) is 11.0 Å². The van der Waals surface area contributed by atoms with E-state index < -0.39 is 0 Å². The first kappa shape index (κ1) is 13.5. The quantitative estimate of drug-likeness (QED) is 0.774. The Morgan fingerprint density at radius 1 is 1.32 bits per heavy atom. The van der Waals surface area contributed by atoms with E-state index in [-0.39, 0.29) is 0 Å². The second kappa shape index (κ2) is 6.89. The van der Waals surface area contributed by atoms with Crippen LogP contribution in [0.5, 0.6) is 6.01 Å². The third-order valence-corrected chi connectivity index (χ3v) is 2.93. The molecular formula is C14H20N4O. The zero-order chi connectivity index (χ0) is 13.5. The Kier molecular flexibility index (Phi) is 4.92. The summed E-state index contributed by atoms with van der Waals surface area (Å²) in [6.07, 6.45) is 2.77. The van der Waals surface area contributed by atoms with Gasteiger partial charge in [-0.2, -0.15) is 4.98 Å². The first-order valence-electron chi connectivity index (χ1n) is 6.63. The summed E-state index contributed by atoms with van der Waals surface area (Å²) in [5, 5.41) is 7.63. The highest BCUT2D eigenvalue weighted by Gasteiger charge is 2.03. The van der Waals surface area contributed by atoms with Gasteiger partial charge >= 0.3 is 6.01 Å². The van der Waals surface area contributed by atoms with Crippen LogP contribution in [0, 0.1) is 0 Å². The highest BCUT2D eigenvalue weighted by molar-refractivity contribution is 5.29. The van der Waals surface area contributed by atoms with E-state index in [0.29, 0.717) is 18.7 Å². The van der Waals surface area contributed by atoms with Gasteiger partial charge in [-0.3, -0.25) is 0 Å². The van der Waals surface area contributed by atoms with Crippen molar-refractivity contribution in [3.8, 4) is 11.7 Å². The first-order chi connectivity index (χ1) is 9.29. The van der Waals surface area contributed by atoms with Crippen molar-refractivity contribution in [3.05, 3.63) is 36.7 Å². The maximum Gasteiger partial charge on any atom is 0.335 e. The van der Waals surface area contributed by atoms with Crippen LogP contribution in [0.3, 0.4) is 0 Å². The number of nitrogens with zero attached hydrogens (tertiary/aromatic N) is 3. The molecule has 2 aromatic rings. The van der Waals surface area contributed by atoms with Crippen LogP contribution < -0.4 is 10.1 Å². The van der Waals surface area contributed by atoms with Crippen LogP contribution in [0.25, 0.3) is 5.69 Å². The Morgan fingerprint density at radius 3 is 2.84 bits per heavy atom. The van der Waals surface area contributed by atoms with Crippen LogP contribution >= 0.6 is 0 Å². The number of rotatable bonds is 7. The maximum atomic E-state index is 5.50. The van der Waals surface area contributed by atoms with E-state index in [9.17, 15) is 0 Å². The molecule has 2 rings (SSSR count). The largest absolute Gasteiger partial charge is 0.461 e. The van der Waals surface area contributed by atoms with Crippen molar-refractivity contribution >= 4 is 0 Å². The molecule has 0 aliphatic heterocycles. The van der Waals surface area contributed by atoms with Gasteiger partial charge in [0.05, 0.1) is 5.69 Å². The Morgan fingerprint density at radius 2 is 2.11 bits per heavy atom. The van der Waals surface area contributed by atoms with Crippen molar-refractivity contribution in [3.63, 3.8) is 0 Å². The highest BCUT2D eigenvalue weighted by Crippen LogP contribution is 2.07. The number of para-hydroxylation sites is 1. The van der Waals surface area contributed by atoms with E-state index in [0.717, 1.165) is 18.7 Å². The molecule has 1 aromatic carbocycles. The van der Waals surface area contributed by atoms with E-state index in [1.165, 1.54) is 0 Å². The van der Waals surface area contributed by atoms with E-state index in [2.05, 4.69) is 29.2 Å². The molecule has 19 heavy (non-hydrogen) atoms. The van der Waals surface area contributed by atoms with Crippen molar-refractivity contribution in [2.24, 2.45) is 0 Å². The molecule has 1 atom stereocenters. The van der Waals surface area contributed by atoms with Crippen molar-refractivity contribution < 1.29 is 4.74 Å². The van der Waals surface area contributed by atoms with Crippen molar-refractivity contribution in [1.82, 2.24) is 20.1 Å². The average Bonchev–Trinajstić information content (AvgIpc) is 2.93. The van der Waals surface area contributed by atoms with Crippen LogP contribution in [0.1, 0.15) is 20.3 Å². The molecule has 0 amide bonds. The molecule has 102 valence electrons. The molecule has 0 radical (unpaired) electrons. The SMILES string of the molecule is CCC(C)NCCOc1ncn(-c2ccccc2)n1. The number of benzene rings is 1. The summed E-state index contributed by atoms with van der Waals surface area (Å²) in [4.78, 5) is 4.13. The minimum atomic E-state index is 0.412. The lowest BCUT2D eigenvalue weighted by Crippen LogP contribution is -2.29. The molecule has 0 saturated heterocycles. The molecule has 1 N–H and O–H groups in total. The lowest BCUT2D eigenvalue weighted by atomic mass is 10.3. The summed E-state index contributed by atoms with van der Waals surface area (Å²) in [5.41, 5.74) is 0.975. The first-order valence-corrected chi connectivity index (χ1v) is 6.63. The Balaban J connectivity index is 1.82. The van der Waals surface area contributed by atoms with Gasteiger partial charge < -0.3 is 10.1 Å². The van der Waals surface area contributed by atoms with Gasteiger partial charge in [-0.05, 0) is 25.5 Å². The number of nitrogens with one attached hydrogen (secondary N) is 1. The van der Waals surface area contributed by atoms with Crippen LogP contribution in [0.2, 0.25) is 0 Å². The average molecular weight is 260 g/mol. The minimum absolute atomic E-state index is 0.412. The Bertz CT molecular complexity index is 483. The maximum absolute atomic E-state index is 5.50. The molecule has 1 unspecified atom stereocenters. The van der Waals surface area contributed by atoms with Gasteiger partial charge in [-0.15, -0.1) is 5.10 Å². The molecule has 0 spiro atoms. The molecule has 1 heterocycles. The lowest BCUT2D eigenvalue weighted by Gasteiger charge is -2.10.